The normalized spacial score (nSPS) is 16.4. The molecule has 0 N–H and O–H groups in total. The second-order valence-corrected chi connectivity index (χ2v) is 13.9. The molecule has 1 aromatic heterocycles. The van der Waals surface area contributed by atoms with E-state index in [-0.39, 0.29) is 28.4 Å². The second kappa shape index (κ2) is 12.5. The van der Waals surface area contributed by atoms with Crippen molar-refractivity contribution in [3.8, 4) is 22.3 Å². The van der Waals surface area contributed by atoms with Crippen molar-refractivity contribution in [2.75, 3.05) is 4.90 Å². The van der Waals surface area contributed by atoms with Crippen LogP contribution < -0.4 is 4.90 Å². The predicted octanol–water partition coefficient (Wildman–Crippen LogP) is 14.2. The summed E-state index contributed by atoms with van der Waals surface area (Å²) in [4.78, 5) is 2.21. The van der Waals surface area contributed by atoms with Gasteiger partial charge < -0.3 is 9.32 Å². The zero-order valence-electron chi connectivity index (χ0n) is 36.5. The summed E-state index contributed by atoms with van der Waals surface area (Å²) in [7, 11) is 0. The minimum absolute atomic E-state index is 0.0443. The molecular weight excluding hydrogens is 667 g/mol. The predicted molar refractivity (Wildman–Crippen MR) is 229 cm³/mol. The SMILES string of the molecule is [2H]c1c([2H])c([2H])c2c(C3(c4ccc5c(c4)oc4ccccc45)c4ccccc4-c4cc(N(c5ccccc5)c5ccc(-c6ccccc6)cc5)ccc43)c([2H])c([2H])c([2H])c2c1[2H]. The number of hydrogen-bond donors (Lipinski definition) is 0. The molecule has 0 saturated carbocycles. The van der Waals surface area contributed by atoms with Crippen molar-refractivity contribution in [1.82, 2.24) is 0 Å². The highest BCUT2D eigenvalue weighted by molar-refractivity contribution is 6.05. The van der Waals surface area contributed by atoms with Gasteiger partial charge in [-0.25, -0.2) is 0 Å². The lowest BCUT2D eigenvalue weighted by molar-refractivity contribution is 0.666. The Balaban J connectivity index is 1.24. The van der Waals surface area contributed by atoms with E-state index in [1.807, 2.05) is 103 Å². The standard InChI is InChI=1S/C53H35NO/c1-3-14-36(15-4-1)37-26-29-41(30-27-37)54(40-18-5-2-6-19-40)42-31-33-50-47(35-42)44-21-9-11-23-49(44)53(50,48-24-13-17-38-16-7-8-20-43(38)48)39-28-32-46-45-22-10-12-25-51(45)55-52(46)34-39/h1-35H/i7D,8D,13D,16D,17D,20D,24D. The van der Waals surface area contributed by atoms with E-state index in [9.17, 15) is 4.11 Å². The summed E-state index contributed by atoms with van der Waals surface area (Å²) in [6.45, 7) is 0. The number of para-hydroxylation sites is 2. The van der Waals surface area contributed by atoms with E-state index in [4.69, 9.17) is 9.90 Å². The van der Waals surface area contributed by atoms with E-state index < -0.39 is 35.6 Å². The topological polar surface area (TPSA) is 16.4 Å². The lowest BCUT2D eigenvalue weighted by atomic mass is 9.66. The van der Waals surface area contributed by atoms with Gasteiger partial charge in [0, 0.05) is 27.8 Å². The second-order valence-electron chi connectivity index (χ2n) is 13.9. The van der Waals surface area contributed by atoms with Gasteiger partial charge in [-0.3, -0.25) is 0 Å². The molecule has 0 saturated heterocycles. The van der Waals surface area contributed by atoms with Crippen LogP contribution in [0.1, 0.15) is 31.8 Å². The quantitative estimate of drug-likeness (QED) is 0.171. The van der Waals surface area contributed by atoms with E-state index in [0.29, 0.717) is 11.1 Å². The lowest BCUT2D eigenvalue weighted by Crippen LogP contribution is -2.29. The Hall–Kier alpha value is -7.16. The molecule has 1 unspecified atom stereocenters. The van der Waals surface area contributed by atoms with Gasteiger partial charge in [0.15, 0.2) is 0 Å². The molecule has 1 aliphatic carbocycles. The van der Waals surface area contributed by atoms with Crippen LogP contribution in [0.3, 0.4) is 0 Å². The minimum atomic E-state index is -1.40. The summed E-state index contributed by atoms with van der Waals surface area (Å²) in [5, 5.41) is 1.81. The molecule has 9 aromatic carbocycles. The van der Waals surface area contributed by atoms with Crippen LogP contribution in [0.25, 0.3) is 55.0 Å². The van der Waals surface area contributed by atoms with Gasteiger partial charge in [0.1, 0.15) is 11.2 Å². The van der Waals surface area contributed by atoms with E-state index in [1.54, 1.807) is 0 Å². The molecule has 0 amide bonds. The zero-order chi connectivity index (χ0) is 42.4. The van der Waals surface area contributed by atoms with Gasteiger partial charge in [0.05, 0.1) is 15.0 Å². The Labute approximate surface area is 330 Å². The minimum Gasteiger partial charge on any atom is -0.456 e. The summed E-state index contributed by atoms with van der Waals surface area (Å²) < 4.78 is 70.6. The lowest BCUT2D eigenvalue weighted by Gasteiger charge is -2.35. The fourth-order valence-electron chi connectivity index (χ4n) is 8.65. The van der Waals surface area contributed by atoms with E-state index >= 15 is 0 Å². The summed E-state index contributed by atoms with van der Waals surface area (Å²) in [6, 6.07) is 54.1. The number of anilines is 3. The molecule has 0 spiro atoms. The average molecular weight is 709 g/mol. The van der Waals surface area contributed by atoms with Crippen molar-refractivity contribution in [3.05, 3.63) is 234 Å². The van der Waals surface area contributed by atoms with E-state index in [1.165, 1.54) is 0 Å². The molecular formula is C53H35NO. The Bertz CT molecular complexity index is 3430. The Morgan fingerprint density at radius 2 is 1.07 bits per heavy atom. The number of hydrogen-bond acceptors (Lipinski definition) is 2. The Morgan fingerprint density at radius 1 is 0.418 bits per heavy atom. The maximum atomic E-state index is 9.81. The third-order valence-corrected chi connectivity index (χ3v) is 11.0. The third-order valence-electron chi connectivity index (χ3n) is 11.0. The summed E-state index contributed by atoms with van der Waals surface area (Å²) in [5.41, 5.74) is 9.11. The molecule has 258 valence electrons. The number of rotatable bonds is 6. The van der Waals surface area contributed by atoms with Crippen LogP contribution in [0.5, 0.6) is 0 Å². The third kappa shape index (κ3) is 4.82. The molecule has 2 nitrogen and oxygen atoms in total. The highest BCUT2D eigenvalue weighted by atomic mass is 16.3. The first-order valence-electron chi connectivity index (χ1n) is 21.9. The molecule has 0 radical (unpaired) electrons. The fraction of sp³-hybridized carbons (Fsp3) is 0.0189. The number of benzene rings is 9. The molecule has 0 fully saturated rings. The van der Waals surface area contributed by atoms with Crippen LogP contribution in [-0.4, -0.2) is 0 Å². The smallest absolute Gasteiger partial charge is 0.135 e. The van der Waals surface area contributed by atoms with Crippen LogP contribution in [0.15, 0.2) is 217 Å². The first-order valence-corrected chi connectivity index (χ1v) is 18.4. The maximum absolute atomic E-state index is 9.81. The molecule has 55 heavy (non-hydrogen) atoms. The first-order chi connectivity index (χ1) is 30.2. The van der Waals surface area contributed by atoms with Gasteiger partial charge in [0.2, 0.25) is 0 Å². The van der Waals surface area contributed by atoms with Gasteiger partial charge >= 0.3 is 0 Å². The summed E-state index contributed by atoms with van der Waals surface area (Å²) in [6.07, 6.45) is 0. The van der Waals surface area contributed by atoms with Crippen molar-refractivity contribution in [2.24, 2.45) is 0 Å². The van der Waals surface area contributed by atoms with E-state index in [0.717, 1.165) is 66.8 Å². The van der Waals surface area contributed by atoms with Crippen molar-refractivity contribution in [2.45, 2.75) is 5.41 Å². The molecule has 2 heteroatoms. The molecule has 1 heterocycles. The summed E-state index contributed by atoms with van der Waals surface area (Å²) >= 11 is 0. The molecule has 11 rings (SSSR count). The highest BCUT2D eigenvalue weighted by Crippen LogP contribution is 2.58. The van der Waals surface area contributed by atoms with Crippen molar-refractivity contribution in [3.63, 3.8) is 0 Å². The van der Waals surface area contributed by atoms with Gasteiger partial charge in [-0.1, -0.05) is 164 Å². The maximum Gasteiger partial charge on any atom is 0.135 e. The largest absolute Gasteiger partial charge is 0.456 e. The van der Waals surface area contributed by atoms with Crippen LogP contribution in [0, 0.1) is 0 Å². The zero-order valence-corrected chi connectivity index (χ0v) is 29.5. The molecule has 1 aliphatic rings. The van der Waals surface area contributed by atoms with Gasteiger partial charge in [-0.15, -0.1) is 0 Å². The van der Waals surface area contributed by atoms with Crippen LogP contribution in [-0.2, 0) is 5.41 Å². The number of fused-ring (bicyclic) bond motifs is 7. The van der Waals surface area contributed by atoms with Crippen molar-refractivity contribution >= 4 is 49.8 Å². The molecule has 0 aliphatic heterocycles. The van der Waals surface area contributed by atoms with Gasteiger partial charge in [-0.05, 0) is 104 Å². The molecule has 1 atom stereocenters. The van der Waals surface area contributed by atoms with Crippen LogP contribution in [0.2, 0.25) is 0 Å². The molecule has 0 bridgehead atoms. The number of nitrogens with zero attached hydrogens (tertiary/aromatic N) is 1. The van der Waals surface area contributed by atoms with E-state index in [2.05, 4.69) is 71.6 Å². The average Bonchev–Trinajstić information content (AvgIpc) is 3.83. The van der Waals surface area contributed by atoms with Crippen molar-refractivity contribution in [1.29, 1.82) is 0 Å². The van der Waals surface area contributed by atoms with Gasteiger partial charge in [-0.2, -0.15) is 0 Å². The molecule has 10 aromatic rings. The summed E-state index contributed by atoms with van der Waals surface area (Å²) in [5.74, 6) is 0. The van der Waals surface area contributed by atoms with Crippen molar-refractivity contribution < 1.29 is 14.0 Å². The Kier molecular flexibility index (Phi) is 5.66. The fourth-order valence-corrected chi connectivity index (χ4v) is 8.65. The van der Waals surface area contributed by atoms with Gasteiger partial charge in [0.25, 0.3) is 0 Å². The van der Waals surface area contributed by atoms with Crippen LogP contribution >= 0.6 is 0 Å². The monoisotopic (exact) mass is 708 g/mol. The highest BCUT2D eigenvalue weighted by Gasteiger charge is 2.47. The van der Waals surface area contributed by atoms with Crippen LogP contribution in [0.4, 0.5) is 17.1 Å². The number of furan rings is 1. The first kappa shape index (κ1) is 25.0. The Morgan fingerprint density at radius 3 is 1.95 bits per heavy atom.